The van der Waals surface area contributed by atoms with Crippen LogP contribution in [0.4, 0.5) is 0 Å². The molecule has 5 fully saturated rings. The molecule has 1 saturated heterocycles. The largest absolute Gasteiger partial charge is 0.340 e. The van der Waals surface area contributed by atoms with Crippen LogP contribution >= 0.6 is 0 Å². The maximum atomic E-state index is 12.6. The summed E-state index contributed by atoms with van der Waals surface area (Å²) < 4.78 is 2.07. The molecule has 0 unspecified atom stereocenters. The zero-order chi connectivity index (χ0) is 17.7. The number of aryl methyl sites for hydroxylation is 2. The van der Waals surface area contributed by atoms with E-state index in [9.17, 15) is 4.79 Å². The number of carbonyl (C=O) groups is 1. The van der Waals surface area contributed by atoms with Crippen LogP contribution in [0.2, 0.25) is 0 Å². The SMILES string of the molecule is Cc1nccn1CCC(=O)N1CCN(C23CC4CC(CC(C4)C2)C3)CC1. The first-order valence-electron chi connectivity index (χ1n) is 10.6. The van der Waals surface area contributed by atoms with Gasteiger partial charge in [0.25, 0.3) is 0 Å². The van der Waals surface area contributed by atoms with Crippen LogP contribution in [-0.4, -0.2) is 57.0 Å². The van der Waals surface area contributed by atoms with E-state index in [2.05, 4.69) is 19.4 Å². The molecule has 1 aromatic rings. The van der Waals surface area contributed by atoms with Crippen molar-refractivity contribution in [3.63, 3.8) is 0 Å². The molecule has 2 heterocycles. The van der Waals surface area contributed by atoms with E-state index in [0.29, 0.717) is 17.9 Å². The van der Waals surface area contributed by atoms with Crippen LogP contribution in [0.25, 0.3) is 0 Å². The summed E-state index contributed by atoms with van der Waals surface area (Å²) >= 11 is 0. The molecule has 4 saturated carbocycles. The fraction of sp³-hybridized carbons (Fsp3) is 0.810. The summed E-state index contributed by atoms with van der Waals surface area (Å²) in [6.07, 6.45) is 13.2. The van der Waals surface area contributed by atoms with Gasteiger partial charge in [-0.3, -0.25) is 9.69 Å². The maximum Gasteiger partial charge on any atom is 0.224 e. The van der Waals surface area contributed by atoms with Gasteiger partial charge in [-0.15, -0.1) is 0 Å². The molecular formula is C21H32N4O. The lowest BCUT2D eigenvalue weighted by Gasteiger charge is -2.61. The number of nitrogens with zero attached hydrogens (tertiary/aromatic N) is 4. The molecule has 6 rings (SSSR count). The normalized spacial score (nSPS) is 36.7. The lowest BCUT2D eigenvalue weighted by molar-refractivity contribution is -0.138. The number of hydrogen-bond donors (Lipinski definition) is 0. The van der Waals surface area contributed by atoms with Crippen LogP contribution in [0.3, 0.4) is 0 Å². The molecule has 4 aliphatic carbocycles. The third kappa shape index (κ3) is 2.88. The summed E-state index contributed by atoms with van der Waals surface area (Å²) in [6.45, 7) is 6.76. The van der Waals surface area contributed by atoms with Crippen LogP contribution in [0.5, 0.6) is 0 Å². The van der Waals surface area contributed by atoms with Crippen LogP contribution < -0.4 is 0 Å². The minimum Gasteiger partial charge on any atom is -0.340 e. The van der Waals surface area contributed by atoms with Gasteiger partial charge in [0.2, 0.25) is 5.91 Å². The topological polar surface area (TPSA) is 41.4 Å². The molecule has 0 N–H and O–H groups in total. The predicted molar refractivity (Wildman–Crippen MR) is 101 cm³/mol. The van der Waals surface area contributed by atoms with Gasteiger partial charge < -0.3 is 9.47 Å². The van der Waals surface area contributed by atoms with Gasteiger partial charge in [0, 0.05) is 57.1 Å². The molecule has 1 aliphatic heterocycles. The van der Waals surface area contributed by atoms with Crippen molar-refractivity contribution in [3.8, 4) is 0 Å². The van der Waals surface area contributed by atoms with Crippen molar-refractivity contribution in [1.29, 1.82) is 0 Å². The Kier molecular flexibility index (Phi) is 4.11. The maximum absolute atomic E-state index is 12.6. The van der Waals surface area contributed by atoms with Gasteiger partial charge >= 0.3 is 0 Å². The minimum absolute atomic E-state index is 0.309. The summed E-state index contributed by atoms with van der Waals surface area (Å²) in [5.74, 6) is 4.30. The summed E-state index contributed by atoms with van der Waals surface area (Å²) in [7, 11) is 0. The molecular weight excluding hydrogens is 324 g/mol. The van der Waals surface area contributed by atoms with Crippen LogP contribution in [-0.2, 0) is 11.3 Å². The number of carbonyl (C=O) groups excluding carboxylic acids is 1. The van der Waals surface area contributed by atoms with E-state index in [1.165, 1.54) is 38.5 Å². The van der Waals surface area contributed by atoms with E-state index < -0.39 is 0 Å². The Morgan fingerprint density at radius 3 is 2.23 bits per heavy atom. The van der Waals surface area contributed by atoms with Gasteiger partial charge in [0.15, 0.2) is 0 Å². The highest BCUT2D eigenvalue weighted by molar-refractivity contribution is 5.76. The van der Waals surface area contributed by atoms with Crippen LogP contribution in [0.1, 0.15) is 50.8 Å². The highest BCUT2D eigenvalue weighted by Crippen LogP contribution is 2.57. The predicted octanol–water partition coefficient (Wildman–Crippen LogP) is 2.69. The van der Waals surface area contributed by atoms with Crippen LogP contribution in [0.15, 0.2) is 12.4 Å². The highest BCUT2D eigenvalue weighted by Gasteiger charge is 2.53. The molecule has 26 heavy (non-hydrogen) atoms. The molecule has 0 atom stereocenters. The van der Waals surface area contributed by atoms with Crippen molar-refractivity contribution in [2.45, 2.75) is 64.0 Å². The Morgan fingerprint density at radius 2 is 1.69 bits per heavy atom. The number of rotatable bonds is 4. The third-order valence-corrected chi connectivity index (χ3v) is 7.80. The summed E-state index contributed by atoms with van der Waals surface area (Å²) in [4.78, 5) is 21.8. The number of amides is 1. The molecule has 5 aliphatic rings. The highest BCUT2D eigenvalue weighted by atomic mass is 16.2. The first-order valence-corrected chi connectivity index (χ1v) is 10.6. The van der Waals surface area contributed by atoms with Gasteiger partial charge in [-0.2, -0.15) is 0 Å². The molecule has 1 amide bonds. The smallest absolute Gasteiger partial charge is 0.224 e. The van der Waals surface area contributed by atoms with Crippen molar-refractivity contribution < 1.29 is 4.79 Å². The molecule has 4 bridgehead atoms. The zero-order valence-corrected chi connectivity index (χ0v) is 16.1. The Bertz CT molecular complexity index is 638. The lowest BCUT2D eigenvalue weighted by Crippen LogP contribution is -2.64. The van der Waals surface area contributed by atoms with Gasteiger partial charge in [-0.25, -0.2) is 4.98 Å². The van der Waals surface area contributed by atoms with Gasteiger partial charge in [-0.1, -0.05) is 0 Å². The fourth-order valence-electron chi connectivity index (χ4n) is 6.90. The molecule has 142 valence electrons. The van der Waals surface area contributed by atoms with Gasteiger partial charge in [-0.05, 0) is 63.2 Å². The summed E-state index contributed by atoms with van der Waals surface area (Å²) in [5, 5.41) is 0. The van der Waals surface area contributed by atoms with Crippen molar-refractivity contribution in [2.24, 2.45) is 17.8 Å². The van der Waals surface area contributed by atoms with Crippen molar-refractivity contribution in [1.82, 2.24) is 19.4 Å². The molecule has 5 heteroatoms. The minimum atomic E-state index is 0.309. The quantitative estimate of drug-likeness (QED) is 0.833. The Labute approximate surface area is 156 Å². The van der Waals surface area contributed by atoms with Crippen molar-refractivity contribution >= 4 is 5.91 Å². The van der Waals surface area contributed by atoms with E-state index in [0.717, 1.165) is 56.3 Å². The summed E-state index contributed by atoms with van der Waals surface area (Å²) in [6, 6.07) is 0. The lowest BCUT2D eigenvalue weighted by atomic mass is 9.52. The van der Waals surface area contributed by atoms with E-state index in [-0.39, 0.29) is 0 Å². The molecule has 0 aromatic carbocycles. The van der Waals surface area contributed by atoms with E-state index in [1.54, 1.807) is 0 Å². The van der Waals surface area contributed by atoms with Crippen molar-refractivity contribution in [2.75, 3.05) is 26.2 Å². The molecule has 5 nitrogen and oxygen atoms in total. The Morgan fingerprint density at radius 1 is 1.08 bits per heavy atom. The third-order valence-electron chi connectivity index (χ3n) is 7.80. The van der Waals surface area contributed by atoms with Crippen molar-refractivity contribution in [3.05, 3.63) is 18.2 Å². The standard InChI is InChI=1S/C21H32N4O/c1-16-22-3-5-23(16)4-2-20(26)24-6-8-25(9-7-24)21-13-17-10-18(14-21)12-19(11-17)15-21/h3,5,17-19H,2,4,6-15H2,1H3. The average Bonchev–Trinajstić information content (AvgIpc) is 3.04. The van der Waals surface area contributed by atoms with E-state index >= 15 is 0 Å². The van der Waals surface area contributed by atoms with Gasteiger partial charge in [0.05, 0.1) is 0 Å². The monoisotopic (exact) mass is 356 g/mol. The molecule has 0 radical (unpaired) electrons. The second-order valence-electron chi connectivity index (χ2n) is 9.43. The van der Waals surface area contributed by atoms with E-state index in [1.807, 2.05) is 19.3 Å². The Hall–Kier alpha value is -1.36. The van der Waals surface area contributed by atoms with E-state index in [4.69, 9.17) is 0 Å². The zero-order valence-electron chi connectivity index (χ0n) is 16.1. The van der Waals surface area contributed by atoms with Gasteiger partial charge in [0.1, 0.15) is 5.82 Å². The number of aromatic nitrogens is 2. The number of piperazine rings is 1. The summed E-state index contributed by atoms with van der Waals surface area (Å²) in [5.41, 5.74) is 0.498. The first-order chi connectivity index (χ1) is 12.6. The second kappa shape index (κ2) is 6.36. The number of imidazole rings is 1. The van der Waals surface area contributed by atoms with Crippen LogP contribution in [0, 0.1) is 24.7 Å². The Balaban J connectivity index is 1.16. The second-order valence-corrected chi connectivity index (χ2v) is 9.43. The number of hydrogen-bond acceptors (Lipinski definition) is 3. The first kappa shape index (κ1) is 16.8. The average molecular weight is 357 g/mol. The molecule has 1 aromatic heterocycles. The fourth-order valence-corrected chi connectivity index (χ4v) is 6.90. The molecule has 0 spiro atoms.